The van der Waals surface area contributed by atoms with E-state index in [1.807, 2.05) is 0 Å². The summed E-state index contributed by atoms with van der Waals surface area (Å²) in [5, 5.41) is 17.6. The molecule has 50 valence electrons. The second-order valence-corrected chi connectivity index (χ2v) is 6.15. The zero-order chi connectivity index (χ0) is 7.00. The number of rotatable bonds is 1. The lowest BCUT2D eigenvalue weighted by Crippen LogP contribution is -2.39. The zero-order valence-corrected chi connectivity index (χ0v) is 7.82. The monoisotopic (exact) mass is 246 g/mol. The Hall–Kier alpha value is 0.880. The van der Waals surface area contributed by atoms with E-state index in [1.165, 1.54) is 6.92 Å². The third-order valence-electron chi connectivity index (χ3n) is 0.832. The number of hydrogen-bond donors (Lipinski definition) is 2. The van der Waals surface area contributed by atoms with E-state index in [0.717, 1.165) is 0 Å². The average Bonchev–Trinajstić information content (AvgIpc) is 1.25. The second kappa shape index (κ2) is 2.25. The molecule has 4 heteroatoms. The maximum absolute atomic E-state index is 8.82. The minimum absolute atomic E-state index is 0.826. The largest absolute Gasteiger partial charge is 0.364 e. The first-order valence-electron chi connectivity index (χ1n) is 2.08. The summed E-state index contributed by atoms with van der Waals surface area (Å²) < 4.78 is -0.826. The summed E-state index contributed by atoms with van der Waals surface area (Å²) in [7, 11) is 0. The fourth-order valence-electron chi connectivity index (χ4n) is 0. The number of aliphatic hydroxyl groups is 2. The molecule has 0 fully saturated rings. The number of halogens is 2. The van der Waals surface area contributed by atoms with Gasteiger partial charge in [-0.1, -0.05) is 31.9 Å². The number of hydrogen-bond acceptors (Lipinski definition) is 2. The van der Waals surface area contributed by atoms with Crippen molar-refractivity contribution in [1.82, 2.24) is 0 Å². The highest BCUT2D eigenvalue weighted by Crippen LogP contribution is 2.34. The maximum Gasteiger partial charge on any atom is 0.185 e. The van der Waals surface area contributed by atoms with Gasteiger partial charge in [-0.05, 0) is 13.8 Å². The van der Waals surface area contributed by atoms with Crippen molar-refractivity contribution in [1.29, 1.82) is 0 Å². The summed E-state index contributed by atoms with van der Waals surface area (Å²) in [4.78, 5) is 0. The minimum atomic E-state index is -1.73. The third-order valence-corrected chi connectivity index (χ3v) is 2.33. The molecule has 0 aliphatic rings. The van der Waals surface area contributed by atoms with E-state index in [1.54, 1.807) is 6.92 Å². The molecule has 0 bridgehead atoms. The SMILES string of the molecule is CC(O)(O)C(C)(Br)Br. The molecular formula is C4H8Br2O2. The van der Waals surface area contributed by atoms with Crippen LogP contribution in [-0.4, -0.2) is 19.2 Å². The summed E-state index contributed by atoms with van der Waals surface area (Å²) in [6.45, 7) is 2.89. The first kappa shape index (κ1) is 8.88. The van der Waals surface area contributed by atoms with Crippen LogP contribution in [0.2, 0.25) is 0 Å². The topological polar surface area (TPSA) is 40.5 Å². The molecule has 0 heterocycles. The van der Waals surface area contributed by atoms with E-state index >= 15 is 0 Å². The zero-order valence-electron chi connectivity index (χ0n) is 4.65. The van der Waals surface area contributed by atoms with E-state index in [4.69, 9.17) is 10.2 Å². The summed E-state index contributed by atoms with van der Waals surface area (Å²) >= 11 is 6.03. The van der Waals surface area contributed by atoms with E-state index < -0.39 is 9.02 Å². The van der Waals surface area contributed by atoms with Crippen molar-refractivity contribution in [2.75, 3.05) is 0 Å². The summed E-state index contributed by atoms with van der Waals surface area (Å²) in [6, 6.07) is 0. The summed E-state index contributed by atoms with van der Waals surface area (Å²) in [5.74, 6) is -1.73. The lowest BCUT2D eigenvalue weighted by atomic mass is 10.2. The molecule has 0 rings (SSSR count). The van der Waals surface area contributed by atoms with Crippen molar-refractivity contribution in [3.63, 3.8) is 0 Å². The lowest BCUT2D eigenvalue weighted by molar-refractivity contribution is -0.145. The van der Waals surface area contributed by atoms with E-state index in [-0.39, 0.29) is 0 Å². The lowest BCUT2D eigenvalue weighted by Gasteiger charge is -2.27. The maximum atomic E-state index is 8.82. The van der Waals surface area contributed by atoms with Gasteiger partial charge in [0.1, 0.15) is 3.23 Å². The van der Waals surface area contributed by atoms with Gasteiger partial charge in [-0.2, -0.15) is 0 Å². The van der Waals surface area contributed by atoms with Gasteiger partial charge in [0.2, 0.25) is 0 Å². The van der Waals surface area contributed by atoms with Gasteiger partial charge in [-0.15, -0.1) is 0 Å². The Morgan fingerprint density at radius 1 is 1.12 bits per heavy atom. The normalized spacial score (nSPS) is 14.2. The standard InChI is InChI=1S/C4H8Br2O2/c1-3(5,6)4(2,7)8/h7-8H,1-2H3. The number of alkyl halides is 2. The van der Waals surface area contributed by atoms with Crippen LogP contribution in [0.3, 0.4) is 0 Å². The van der Waals surface area contributed by atoms with Crippen molar-refractivity contribution in [3.05, 3.63) is 0 Å². The van der Waals surface area contributed by atoms with Gasteiger partial charge in [-0.3, -0.25) is 0 Å². The summed E-state index contributed by atoms with van der Waals surface area (Å²) in [5.41, 5.74) is 0. The molecular weight excluding hydrogens is 240 g/mol. The van der Waals surface area contributed by atoms with Crippen LogP contribution >= 0.6 is 31.9 Å². The van der Waals surface area contributed by atoms with Crippen molar-refractivity contribution in [3.8, 4) is 0 Å². The molecule has 0 aromatic heterocycles. The molecule has 2 nitrogen and oxygen atoms in total. The Morgan fingerprint density at radius 2 is 1.25 bits per heavy atom. The Balaban J connectivity index is 4.02. The Labute approximate surface area is 65.2 Å². The van der Waals surface area contributed by atoms with Gasteiger partial charge in [0.05, 0.1) is 0 Å². The highest BCUT2D eigenvalue weighted by molar-refractivity contribution is 9.25. The van der Waals surface area contributed by atoms with Crippen LogP contribution in [0.1, 0.15) is 13.8 Å². The van der Waals surface area contributed by atoms with Crippen molar-refractivity contribution in [2.24, 2.45) is 0 Å². The molecule has 0 amide bonds. The van der Waals surface area contributed by atoms with Crippen LogP contribution in [0.5, 0.6) is 0 Å². The third kappa shape index (κ3) is 2.44. The Morgan fingerprint density at radius 3 is 1.25 bits per heavy atom. The van der Waals surface area contributed by atoms with Gasteiger partial charge in [0.25, 0.3) is 0 Å². The second-order valence-electron chi connectivity index (χ2n) is 1.91. The van der Waals surface area contributed by atoms with Gasteiger partial charge in [0.15, 0.2) is 5.79 Å². The Kier molecular flexibility index (Phi) is 2.50. The average molecular weight is 248 g/mol. The predicted octanol–water partition coefficient (Wildman–Crippen LogP) is 1.19. The van der Waals surface area contributed by atoms with E-state index in [2.05, 4.69) is 31.9 Å². The van der Waals surface area contributed by atoms with Crippen LogP contribution in [0.25, 0.3) is 0 Å². The molecule has 8 heavy (non-hydrogen) atoms. The molecule has 2 N–H and O–H groups in total. The molecule has 0 spiro atoms. The van der Waals surface area contributed by atoms with Crippen molar-refractivity contribution in [2.45, 2.75) is 22.9 Å². The quantitative estimate of drug-likeness (QED) is 0.540. The van der Waals surface area contributed by atoms with Gasteiger partial charge in [-0.25, -0.2) is 0 Å². The molecule has 0 saturated carbocycles. The molecule has 0 saturated heterocycles. The fourth-order valence-corrected chi connectivity index (χ4v) is 0. The molecule has 0 aliphatic carbocycles. The molecule has 0 unspecified atom stereocenters. The van der Waals surface area contributed by atoms with Crippen LogP contribution in [0.4, 0.5) is 0 Å². The van der Waals surface area contributed by atoms with Gasteiger partial charge >= 0.3 is 0 Å². The van der Waals surface area contributed by atoms with E-state index in [9.17, 15) is 0 Å². The molecule has 0 radical (unpaired) electrons. The molecule has 0 aliphatic heterocycles. The van der Waals surface area contributed by atoms with Gasteiger partial charge in [0, 0.05) is 0 Å². The highest BCUT2D eigenvalue weighted by Gasteiger charge is 2.36. The fraction of sp³-hybridized carbons (Fsp3) is 1.00. The highest BCUT2D eigenvalue weighted by atomic mass is 79.9. The minimum Gasteiger partial charge on any atom is -0.364 e. The Bertz CT molecular complexity index is 67.0. The van der Waals surface area contributed by atoms with Crippen molar-refractivity contribution < 1.29 is 10.2 Å². The molecule has 0 atom stereocenters. The van der Waals surface area contributed by atoms with Gasteiger partial charge < -0.3 is 10.2 Å². The predicted molar refractivity (Wildman–Crippen MR) is 39.1 cm³/mol. The first-order chi connectivity index (χ1) is 3.25. The first-order valence-corrected chi connectivity index (χ1v) is 3.66. The molecule has 0 aromatic rings. The van der Waals surface area contributed by atoms with Crippen LogP contribution in [0, 0.1) is 0 Å². The van der Waals surface area contributed by atoms with Crippen LogP contribution < -0.4 is 0 Å². The summed E-state index contributed by atoms with van der Waals surface area (Å²) in [6.07, 6.45) is 0. The molecule has 0 aromatic carbocycles. The van der Waals surface area contributed by atoms with Crippen LogP contribution in [-0.2, 0) is 0 Å². The smallest absolute Gasteiger partial charge is 0.185 e. The van der Waals surface area contributed by atoms with Crippen LogP contribution in [0.15, 0.2) is 0 Å². The van der Waals surface area contributed by atoms with E-state index in [0.29, 0.717) is 0 Å². The van der Waals surface area contributed by atoms with Crippen molar-refractivity contribution >= 4 is 31.9 Å².